The van der Waals surface area contributed by atoms with E-state index < -0.39 is 11.6 Å². The average Bonchev–Trinajstić information content (AvgIpc) is 3.22. The van der Waals surface area contributed by atoms with E-state index in [2.05, 4.69) is 24.1 Å². The number of nitrogens with one attached hydrogen (secondary N) is 1. The van der Waals surface area contributed by atoms with Gasteiger partial charge in [0.15, 0.2) is 0 Å². The fraction of sp³-hybridized carbons (Fsp3) is 0.515. The minimum absolute atomic E-state index is 0. The molecular formula is C33H52FN3O3. The van der Waals surface area contributed by atoms with Crippen LogP contribution in [0.4, 0.5) is 4.39 Å². The topological polar surface area (TPSA) is 65.4 Å². The Balaban J connectivity index is 0.00000237. The van der Waals surface area contributed by atoms with Gasteiger partial charge in [0.25, 0.3) is 6.01 Å². The molecule has 0 aliphatic carbocycles. The van der Waals surface area contributed by atoms with E-state index in [4.69, 9.17) is 9.47 Å². The lowest BCUT2D eigenvalue weighted by atomic mass is 9.98. The third-order valence-corrected chi connectivity index (χ3v) is 5.31. The van der Waals surface area contributed by atoms with Gasteiger partial charge in [-0.2, -0.15) is 4.98 Å². The Labute approximate surface area is 242 Å². The molecule has 0 bridgehead atoms. The summed E-state index contributed by atoms with van der Waals surface area (Å²) in [4.78, 5) is 17.3. The number of halogens is 1. The van der Waals surface area contributed by atoms with E-state index in [0.717, 1.165) is 17.8 Å². The first-order chi connectivity index (χ1) is 18.6. The zero-order valence-electron chi connectivity index (χ0n) is 25.6. The molecular weight excluding hydrogens is 505 g/mol. The van der Waals surface area contributed by atoms with Crippen molar-refractivity contribution in [2.45, 2.75) is 101 Å². The third-order valence-electron chi connectivity index (χ3n) is 5.31. The van der Waals surface area contributed by atoms with Crippen molar-refractivity contribution in [3.05, 3.63) is 70.8 Å². The smallest absolute Gasteiger partial charge is 0.339 e. The van der Waals surface area contributed by atoms with Crippen molar-refractivity contribution in [3.8, 4) is 17.1 Å². The molecule has 224 valence electrons. The number of aryl methyl sites for hydroxylation is 1. The predicted molar refractivity (Wildman–Crippen MR) is 166 cm³/mol. The summed E-state index contributed by atoms with van der Waals surface area (Å²) in [6, 6.07) is 12.6. The van der Waals surface area contributed by atoms with E-state index in [1.165, 1.54) is 12.5 Å². The van der Waals surface area contributed by atoms with Crippen molar-refractivity contribution in [1.82, 2.24) is 14.9 Å². The SMILES string of the molecule is C.CC.CCC.CCOc1nc(CC)c(CNC)n1Cc1ccc(-c2ccccc2C(=O)OC(C)(C)C)cc1F. The highest BCUT2D eigenvalue weighted by Gasteiger charge is 2.22. The average molecular weight is 558 g/mol. The molecule has 0 fully saturated rings. The molecule has 0 spiro atoms. The quantitative estimate of drug-likeness (QED) is 0.267. The first-order valence-corrected chi connectivity index (χ1v) is 14.1. The van der Waals surface area contributed by atoms with E-state index in [1.54, 1.807) is 24.3 Å². The van der Waals surface area contributed by atoms with Gasteiger partial charge in [-0.1, -0.05) is 78.8 Å². The van der Waals surface area contributed by atoms with E-state index in [9.17, 15) is 4.79 Å². The molecule has 0 radical (unpaired) electrons. The van der Waals surface area contributed by atoms with Crippen LogP contribution in [0.15, 0.2) is 42.5 Å². The number of imidazole rings is 1. The number of carbonyl (C=O) groups excluding carboxylic acids is 1. The highest BCUT2D eigenvalue weighted by atomic mass is 19.1. The van der Waals surface area contributed by atoms with Gasteiger partial charge in [0, 0.05) is 12.1 Å². The van der Waals surface area contributed by atoms with Crippen LogP contribution in [0.2, 0.25) is 0 Å². The minimum Gasteiger partial charge on any atom is -0.465 e. The summed E-state index contributed by atoms with van der Waals surface area (Å²) in [7, 11) is 1.87. The Morgan fingerprint density at radius 2 is 1.68 bits per heavy atom. The van der Waals surface area contributed by atoms with Crippen molar-refractivity contribution < 1.29 is 18.7 Å². The van der Waals surface area contributed by atoms with Gasteiger partial charge >= 0.3 is 5.97 Å². The number of nitrogens with zero attached hydrogens (tertiary/aromatic N) is 2. The second kappa shape index (κ2) is 18.2. The number of ether oxygens (including phenoxy) is 2. The Kier molecular flexibility index (Phi) is 16.8. The maximum absolute atomic E-state index is 15.3. The van der Waals surface area contributed by atoms with Crippen LogP contribution in [-0.4, -0.2) is 34.8 Å². The maximum atomic E-state index is 15.3. The van der Waals surface area contributed by atoms with Crippen LogP contribution in [0, 0.1) is 5.82 Å². The summed E-state index contributed by atoms with van der Waals surface area (Å²) in [5.74, 6) is -0.794. The fourth-order valence-corrected chi connectivity index (χ4v) is 3.82. The molecule has 3 aromatic rings. The van der Waals surface area contributed by atoms with Crippen LogP contribution in [0.25, 0.3) is 11.1 Å². The summed E-state index contributed by atoms with van der Waals surface area (Å²) < 4.78 is 28.5. The molecule has 40 heavy (non-hydrogen) atoms. The van der Waals surface area contributed by atoms with Crippen molar-refractivity contribution in [3.63, 3.8) is 0 Å². The van der Waals surface area contributed by atoms with E-state index in [0.29, 0.717) is 48.0 Å². The summed E-state index contributed by atoms with van der Waals surface area (Å²) in [5, 5.41) is 3.16. The Bertz CT molecular complexity index is 1170. The van der Waals surface area contributed by atoms with Crippen molar-refractivity contribution >= 4 is 5.97 Å². The normalized spacial score (nSPS) is 10.4. The minimum atomic E-state index is -0.620. The maximum Gasteiger partial charge on any atom is 0.339 e. The molecule has 0 aliphatic heterocycles. The number of rotatable bonds is 9. The van der Waals surface area contributed by atoms with Crippen LogP contribution >= 0.6 is 0 Å². The zero-order chi connectivity index (χ0) is 29.6. The highest BCUT2D eigenvalue weighted by Crippen LogP contribution is 2.29. The van der Waals surface area contributed by atoms with Crippen molar-refractivity contribution in [1.29, 1.82) is 0 Å². The summed E-state index contributed by atoms with van der Waals surface area (Å²) >= 11 is 0. The Morgan fingerprint density at radius 1 is 1.05 bits per heavy atom. The number of esters is 1. The van der Waals surface area contributed by atoms with E-state index in [1.807, 2.05) is 72.2 Å². The van der Waals surface area contributed by atoms with E-state index in [-0.39, 0.29) is 13.2 Å². The Hall–Kier alpha value is -3.19. The standard InChI is InChI=1S/C27H34FN3O3.C3H8.C2H6.CH4/c1-7-23-24(16-29-6)31(26(30-23)33-8-2)17-19-14-13-18(15-22(19)28)20-11-9-10-12-21(20)25(32)34-27(3,4)5;1-3-2;1-2;/h9-15,29H,7-8,16-17H2,1-6H3;3H2,1-2H3;1-2H3;1H4. The number of aromatic nitrogens is 2. The molecule has 1 aromatic heterocycles. The van der Waals surface area contributed by atoms with Gasteiger partial charge in [0.1, 0.15) is 11.4 Å². The lowest BCUT2D eigenvalue weighted by Gasteiger charge is -2.20. The van der Waals surface area contributed by atoms with Gasteiger partial charge in [-0.05, 0) is 64.4 Å². The van der Waals surface area contributed by atoms with Crippen molar-refractivity contribution in [2.24, 2.45) is 0 Å². The first-order valence-electron chi connectivity index (χ1n) is 14.1. The number of carbonyl (C=O) groups is 1. The molecule has 0 unspecified atom stereocenters. The predicted octanol–water partition coefficient (Wildman–Crippen LogP) is 8.45. The summed E-state index contributed by atoms with van der Waals surface area (Å²) in [6.07, 6.45) is 2.01. The Morgan fingerprint density at radius 3 is 2.20 bits per heavy atom. The molecule has 0 amide bonds. The highest BCUT2D eigenvalue weighted by molar-refractivity contribution is 5.97. The van der Waals surface area contributed by atoms with Crippen LogP contribution in [0.1, 0.15) is 103 Å². The molecule has 6 nitrogen and oxygen atoms in total. The van der Waals surface area contributed by atoms with Gasteiger partial charge < -0.3 is 14.8 Å². The van der Waals surface area contributed by atoms with Crippen LogP contribution in [0.3, 0.4) is 0 Å². The molecule has 0 saturated carbocycles. The van der Waals surface area contributed by atoms with Crippen LogP contribution < -0.4 is 10.1 Å². The van der Waals surface area contributed by atoms with Gasteiger partial charge in [-0.25, -0.2) is 9.18 Å². The third kappa shape index (κ3) is 10.4. The van der Waals surface area contributed by atoms with Gasteiger partial charge in [-0.3, -0.25) is 4.57 Å². The summed E-state index contributed by atoms with van der Waals surface area (Å²) in [5.41, 5.74) is 3.45. The van der Waals surface area contributed by atoms with Crippen molar-refractivity contribution in [2.75, 3.05) is 13.7 Å². The fourth-order valence-electron chi connectivity index (χ4n) is 3.82. The summed E-state index contributed by atoms with van der Waals surface area (Å²) in [6.45, 7) is 19.0. The van der Waals surface area contributed by atoms with Gasteiger partial charge in [-0.15, -0.1) is 0 Å². The van der Waals surface area contributed by atoms with Crippen LogP contribution in [-0.2, 0) is 24.2 Å². The molecule has 3 rings (SSSR count). The first kappa shape index (κ1) is 36.8. The monoisotopic (exact) mass is 557 g/mol. The number of benzene rings is 2. The molecule has 2 aromatic carbocycles. The van der Waals surface area contributed by atoms with Crippen LogP contribution in [0.5, 0.6) is 6.01 Å². The van der Waals surface area contributed by atoms with E-state index >= 15 is 4.39 Å². The second-order valence-corrected chi connectivity index (χ2v) is 9.75. The molecule has 0 saturated heterocycles. The molecule has 1 heterocycles. The molecule has 7 heteroatoms. The number of hydrogen-bond acceptors (Lipinski definition) is 5. The zero-order valence-corrected chi connectivity index (χ0v) is 25.6. The van der Waals surface area contributed by atoms with Gasteiger partial charge in [0.05, 0.1) is 30.1 Å². The molecule has 0 aliphatic rings. The molecule has 1 N–H and O–H groups in total. The molecule has 0 atom stereocenters. The van der Waals surface area contributed by atoms with Gasteiger partial charge in [0.2, 0.25) is 0 Å². The lowest BCUT2D eigenvalue weighted by molar-refractivity contribution is 0.00704. The second-order valence-electron chi connectivity index (χ2n) is 9.75. The number of hydrogen-bond donors (Lipinski definition) is 1. The lowest BCUT2D eigenvalue weighted by Crippen LogP contribution is -2.24. The largest absolute Gasteiger partial charge is 0.465 e.